The van der Waals surface area contributed by atoms with Crippen molar-refractivity contribution in [2.75, 3.05) is 5.75 Å². The summed E-state index contributed by atoms with van der Waals surface area (Å²) in [5.74, 6) is -1.58. The number of rotatable bonds is 7. The third-order valence-corrected chi connectivity index (χ3v) is 8.04. The molecule has 1 amide bonds. The minimum Gasteiger partial charge on any atom is -0.464 e. The van der Waals surface area contributed by atoms with Crippen molar-refractivity contribution in [3.8, 4) is 0 Å². The maximum atomic E-state index is 13.9. The first-order valence-corrected chi connectivity index (χ1v) is 13.3. The molecule has 0 unspecified atom stereocenters. The van der Waals surface area contributed by atoms with Gasteiger partial charge in [0.25, 0.3) is 5.91 Å². The Labute approximate surface area is 215 Å². The molecule has 5 aromatic rings. The average molecular weight is 542 g/mol. The van der Waals surface area contributed by atoms with E-state index < -0.39 is 27.7 Å². The number of benzene rings is 3. The molecule has 2 aromatic heterocycles. The zero-order chi connectivity index (χ0) is 27.1. The molecule has 0 saturated carbocycles. The number of nitrogens with zero attached hydrogens (tertiary/aromatic N) is 2. The number of amides is 1. The first kappa shape index (κ1) is 25.5. The normalized spacial score (nSPS) is 12.3. The van der Waals surface area contributed by atoms with E-state index in [1.54, 1.807) is 43.3 Å². The van der Waals surface area contributed by atoms with E-state index in [4.69, 9.17) is 4.42 Å². The van der Waals surface area contributed by atoms with Gasteiger partial charge in [0.15, 0.2) is 9.84 Å². The molecule has 7 nitrogen and oxygen atoms in total. The molecular formula is C27H22F3N3O4S. The van der Waals surface area contributed by atoms with E-state index in [0.29, 0.717) is 22.1 Å². The largest absolute Gasteiger partial charge is 0.464 e. The Morgan fingerprint density at radius 2 is 1.82 bits per heavy atom. The van der Waals surface area contributed by atoms with Crippen LogP contribution in [-0.4, -0.2) is 29.6 Å². The lowest BCUT2D eigenvalue weighted by molar-refractivity contribution is -0.146. The molecule has 3 aromatic carbocycles. The Hall–Kier alpha value is -4.12. The highest BCUT2D eigenvalue weighted by atomic mass is 32.2. The Morgan fingerprint density at radius 3 is 2.53 bits per heavy atom. The summed E-state index contributed by atoms with van der Waals surface area (Å²) in [5, 5.41) is 3.41. The third-order valence-electron chi connectivity index (χ3n) is 6.29. The summed E-state index contributed by atoms with van der Waals surface area (Å²) in [6, 6.07) is 17.3. The lowest BCUT2D eigenvalue weighted by Gasteiger charge is -2.12. The van der Waals surface area contributed by atoms with Gasteiger partial charge >= 0.3 is 6.18 Å². The van der Waals surface area contributed by atoms with E-state index >= 15 is 0 Å². The lowest BCUT2D eigenvalue weighted by Crippen LogP contribution is -2.22. The zero-order valence-electron chi connectivity index (χ0n) is 20.1. The fourth-order valence-corrected chi connectivity index (χ4v) is 5.16. The number of furan rings is 1. The fraction of sp³-hybridized carbons (Fsp3) is 0.185. The van der Waals surface area contributed by atoms with Gasteiger partial charge < -0.3 is 14.3 Å². The maximum Gasteiger partial charge on any atom is 0.449 e. The average Bonchev–Trinajstić information content (AvgIpc) is 3.53. The van der Waals surface area contributed by atoms with Crippen LogP contribution in [0.3, 0.4) is 0 Å². The highest BCUT2D eigenvalue weighted by Gasteiger charge is 2.37. The Kier molecular flexibility index (Phi) is 6.47. The highest BCUT2D eigenvalue weighted by Crippen LogP contribution is 2.33. The number of alkyl halides is 3. The molecule has 38 heavy (non-hydrogen) atoms. The van der Waals surface area contributed by atoms with Gasteiger partial charge in [-0.2, -0.15) is 13.2 Å². The number of imidazole rings is 1. The Balaban J connectivity index is 1.40. The summed E-state index contributed by atoms with van der Waals surface area (Å²) in [5.41, 5.74) is 2.31. The van der Waals surface area contributed by atoms with Gasteiger partial charge in [-0.05, 0) is 53.6 Å². The Morgan fingerprint density at radius 1 is 1.05 bits per heavy atom. The van der Waals surface area contributed by atoms with Gasteiger partial charge in [-0.3, -0.25) is 4.79 Å². The summed E-state index contributed by atoms with van der Waals surface area (Å²) in [6.45, 7) is 1.58. The molecule has 0 aliphatic carbocycles. The predicted octanol–water partition coefficient (Wildman–Crippen LogP) is 5.57. The van der Waals surface area contributed by atoms with Crippen LogP contribution in [0.25, 0.3) is 22.0 Å². The zero-order valence-corrected chi connectivity index (χ0v) is 20.9. The molecule has 0 fully saturated rings. The van der Waals surface area contributed by atoms with Crippen LogP contribution in [0.15, 0.2) is 82.3 Å². The predicted molar refractivity (Wildman–Crippen MR) is 135 cm³/mol. The molecule has 11 heteroatoms. The number of halogens is 3. The molecule has 5 rings (SSSR count). The quantitative estimate of drug-likeness (QED) is 0.291. The maximum absolute atomic E-state index is 13.9. The molecule has 2 heterocycles. The van der Waals surface area contributed by atoms with Crippen LogP contribution in [-0.2, 0) is 29.1 Å². The van der Waals surface area contributed by atoms with E-state index in [0.717, 1.165) is 4.57 Å². The van der Waals surface area contributed by atoms with Gasteiger partial charge in [0.05, 0.1) is 34.5 Å². The van der Waals surface area contributed by atoms with Crippen LogP contribution in [0, 0.1) is 0 Å². The number of hydrogen-bond acceptors (Lipinski definition) is 5. The molecule has 0 radical (unpaired) electrons. The topological polar surface area (TPSA) is 94.2 Å². The number of carbonyl (C=O) groups excluding carboxylic acids is 1. The first-order chi connectivity index (χ1) is 18.1. The molecule has 1 N–H and O–H groups in total. The van der Waals surface area contributed by atoms with Crippen LogP contribution >= 0.6 is 0 Å². The molecule has 0 aliphatic rings. The van der Waals surface area contributed by atoms with Crippen molar-refractivity contribution in [1.29, 1.82) is 0 Å². The third kappa shape index (κ3) is 4.89. The summed E-state index contributed by atoms with van der Waals surface area (Å²) in [4.78, 5) is 16.8. The number of sulfone groups is 1. The fourth-order valence-electron chi connectivity index (χ4n) is 4.28. The number of aromatic nitrogens is 2. The molecule has 0 saturated heterocycles. The van der Waals surface area contributed by atoms with Gasteiger partial charge in [0.1, 0.15) is 5.58 Å². The van der Waals surface area contributed by atoms with E-state index in [2.05, 4.69) is 10.3 Å². The van der Waals surface area contributed by atoms with Gasteiger partial charge in [-0.25, -0.2) is 13.4 Å². The summed E-state index contributed by atoms with van der Waals surface area (Å²) >= 11 is 0. The number of carbonyl (C=O) groups is 1. The SMILES string of the molecule is CCS(=O)(=O)c1ccc(CNC(=O)c2ccc3c(c2)nc(C(F)(F)F)n3Cc2cccc3occc23)cc1. The van der Waals surface area contributed by atoms with Crippen molar-refractivity contribution in [2.45, 2.75) is 31.1 Å². The second-order valence-electron chi connectivity index (χ2n) is 8.70. The van der Waals surface area contributed by atoms with Crippen molar-refractivity contribution < 1.29 is 30.8 Å². The van der Waals surface area contributed by atoms with Gasteiger partial charge in [-0.1, -0.05) is 31.2 Å². The molecular weight excluding hydrogens is 519 g/mol. The van der Waals surface area contributed by atoms with Crippen LogP contribution < -0.4 is 5.32 Å². The second-order valence-corrected chi connectivity index (χ2v) is 11.0. The van der Waals surface area contributed by atoms with E-state index in [1.165, 1.54) is 36.6 Å². The highest BCUT2D eigenvalue weighted by molar-refractivity contribution is 7.91. The van der Waals surface area contributed by atoms with Crippen molar-refractivity contribution in [3.05, 3.63) is 95.5 Å². The molecule has 196 valence electrons. The van der Waals surface area contributed by atoms with Gasteiger partial charge in [0, 0.05) is 17.5 Å². The van der Waals surface area contributed by atoms with Crippen molar-refractivity contribution in [1.82, 2.24) is 14.9 Å². The van der Waals surface area contributed by atoms with Crippen LogP contribution in [0.5, 0.6) is 0 Å². The second kappa shape index (κ2) is 9.64. The van der Waals surface area contributed by atoms with Crippen LogP contribution in [0.2, 0.25) is 0 Å². The molecule has 0 aliphatic heterocycles. The summed E-state index contributed by atoms with van der Waals surface area (Å²) in [7, 11) is -3.33. The van der Waals surface area contributed by atoms with Crippen molar-refractivity contribution >= 4 is 37.7 Å². The van der Waals surface area contributed by atoms with Gasteiger partial charge in [0.2, 0.25) is 5.82 Å². The standard InChI is InChI=1S/C27H22F3N3O4S/c1-2-38(35,36)20-9-6-17(7-10-20)15-31-25(34)18-8-11-23-22(14-18)32-26(27(28,29)30)33(23)16-19-4-3-5-24-21(19)12-13-37-24/h3-14H,2,15-16H2,1H3,(H,31,34). The summed E-state index contributed by atoms with van der Waals surface area (Å²) in [6.07, 6.45) is -3.22. The minimum atomic E-state index is -4.71. The molecule has 0 atom stereocenters. The number of fused-ring (bicyclic) bond motifs is 2. The van der Waals surface area contributed by atoms with E-state index in [9.17, 15) is 26.4 Å². The van der Waals surface area contributed by atoms with Crippen LogP contribution in [0.4, 0.5) is 13.2 Å². The number of nitrogens with one attached hydrogen (secondary N) is 1. The number of hydrogen-bond donors (Lipinski definition) is 1. The summed E-state index contributed by atoms with van der Waals surface area (Å²) < 4.78 is 72.1. The first-order valence-electron chi connectivity index (χ1n) is 11.7. The monoisotopic (exact) mass is 541 g/mol. The van der Waals surface area contributed by atoms with Crippen molar-refractivity contribution in [2.24, 2.45) is 0 Å². The van der Waals surface area contributed by atoms with Crippen molar-refractivity contribution in [3.63, 3.8) is 0 Å². The van der Waals surface area contributed by atoms with E-state index in [-0.39, 0.29) is 40.3 Å². The molecule has 0 spiro atoms. The minimum absolute atomic E-state index is 0.0175. The Bertz CT molecular complexity index is 1750. The van der Waals surface area contributed by atoms with E-state index in [1.807, 2.05) is 0 Å². The lowest BCUT2D eigenvalue weighted by atomic mass is 10.1. The smallest absolute Gasteiger partial charge is 0.449 e. The van der Waals surface area contributed by atoms with Gasteiger partial charge in [-0.15, -0.1) is 0 Å². The molecule has 0 bridgehead atoms. The van der Waals surface area contributed by atoms with Crippen LogP contribution in [0.1, 0.15) is 34.2 Å².